The quantitative estimate of drug-likeness (QED) is 0.792. The van der Waals surface area contributed by atoms with Gasteiger partial charge in [-0.1, -0.05) is 12.1 Å². The number of hydrogen-bond donors (Lipinski definition) is 2. The van der Waals surface area contributed by atoms with Crippen LogP contribution in [0.25, 0.3) is 11.1 Å². The summed E-state index contributed by atoms with van der Waals surface area (Å²) in [4.78, 5) is 4.37. The molecule has 3 heteroatoms. The minimum Gasteiger partial charge on any atom is -0.399 e. The zero-order valence-electron chi connectivity index (χ0n) is 10.1. The van der Waals surface area contributed by atoms with E-state index < -0.39 is 0 Å². The maximum Gasteiger partial charge on any atom is 0.126 e. The van der Waals surface area contributed by atoms with E-state index in [0.717, 1.165) is 22.6 Å². The van der Waals surface area contributed by atoms with Gasteiger partial charge in [0.15, 0.2) is 0 Å². The summed E-state index contributed by atoms with van der Waals surface area (Å²) in [6.07, 6.45) is 1.86. The van der Waals surface area contributed by atoms with E-state index in [4.69, 9.17) is 5.73 Å². The highest BCUT2D eigenvalue weighted by molar-refractivity contribution is 5.67. The summed E-state index contributed by atoms with van der Waals surface area (Å²) >= 11 is 0. The summed E-state index contributed by atoms with van der Waals surface area (Å²) < 4.78 is 0. The first-order valence-electron chi connectivity index (χ1n) is 5.73. The SMILES string of the molecule is CC(C)Nc1ccc(-c2cccc(N)c2)cn1. The molecule has 1 heterocycles. The van der Waals surface area contributed by atoms with Gasteiger partial charge in [-0.05, 0) is 43.7 Å². The van der Waals surface area contributed by atoms with Crippen LogP contribution in [-0.4, -0.2) is 11.0 Å². The summed E-state index contributed by atoms with van der Waals surface area (Å²) in [7, 11) is 0. The predicted molar refractivity (Wildman–Crippen MR) is 72.8 cm³/mol. The molecule has 0 fully saturated rings. The minimum atomic E-state index is 0.390. The van der Waals surface area contributed by atoms with Crippen molar-refractivity contribution in [2.45, 2.75) is 19.9 Å². The molecule has 88 valence electrons. The molecule has 1 aromatic carbocycles. The van der Waals surface area contributed by atoms with Crippen molar-refractivity contribution >= 4 is 11.5 Å². The van der Waals surface area contributed by atoms with E-state index in [9.17, 15) is 0 Å². The monoisotopic (exact) mass is 227 g/mol. The van der Waals surface area contributed by atoms with Crippen LogP contribution in [0, 0.1) is 0 Å². The molecule has 3 N–H and O–H groups in total. The number of hydrogen-bond acceptors (Lipinski definition) is 3. The van der Waals surface area contributed by atoms with Gasteiger partial charge in [0.2, 0.25) is 0 Å². The maximum atomic E-state index is 5.76. The molecule has 0 bridgehead atoms. The summed E-state index contributed by atoms with van der Waals surface area (Å²) in [6.45, 7) is 4.18. The first kappa shape index (κ1) is 11.5. The van der Waals surface area contributed by atoms with Gasteiger partial charge in [-0.15, -0.1) is 0 Å². The van der Waals surface area contributed by atoms with E-state index in [2.05, 4.69) is 24.1 Å². The molecule has 0 amide bonds. The number of nitrogens with two attached hydrogens (primary N) is 1. The average molecular weight is 227 g/mol. The van der Waals surface area contributed by atoms with Crippen LogP contribution in [0.5, 0.6) is 0 Å². The Morgan fingerprint density at radius 1 is 1.12 bits per heavy atom. The van der Waals surface area contributed by atoms with Crippen molar-refractivity contribution in [2.24, 2.45) is 0 Å². The number of pyridine rings is 1. The molecule has 0 atom stereocenters. The first-order valence-corrected chi connectivity index (χ1v) is 5.73. The van der Waals surface area contributed by atoms with Crippen LogP contribution in [0.2, 0.25) is 0 Å². The second-order valence-corrected chi connectivity index (χ2v) is 4.36. The number of nitrogens with zero attached hydrogens (tertiary/aromatic N) is 1. The summed E-state index contributed by atoms with van der Waals surface area (Å²) in [6, 6.07) is 12.2. The number of anilines is 2. The fraction of sp³-hybridized carbons (Fsp3) is 0.214. The molecule has 0 aliphatic carbocycles. The molecular weight excluding hydrogens is 210 g/mol. The van der Waals surface area contributed by atoms with Crippen LogP contribution >= 0.6 is 0 Å². The normalized spacial score (nSPS) is 10.5. The lowest BCUT2D eigenvalue weighted by Gasteiger charge is -2.09. The number of benzene rings is 1. The van der Waals surface area contributed by atoms with Crippen molar-refractivity contribution in [1.82, 2.24) is 4.98 Å². The largest absolute Gasteiger partial charge is 0.399 e. The molecule has 0 saturated carbocycles. The molecule has 0 aliphatic heterocycles. The molecule has 2 aromatic rings. The fourth-order valence-electron chi connectivity index (χ4n) is 1.66. The Bertz CT molecular complexity index is 489. The second-order valence-electron chi connectivity index (χ2n) is 4.36. The summed E-state index contributed by atoms with van der Waals surface area (Å²) in [5.74, 6) is 0.896. The lowest BCUT2D eigenvalue weighted by atomic mass is 10.1. The number of aromatic nitrogens is 1. The van der Waals surface area contributed by atoms with Gasteiger partial charge in [0.25, 0.3) is 0 Å². The van der Waals surface area contributed by atoms with E-state index in [0.29, 0.717) is 6.04 Å². The van der Waals surface area contributed by atoms with E-state index in [1.807, 2.05) is 42.6 Å². The van der Waals surface area contributed by atoms with Gasteiger partial charge < -0.3 is 11.1 Å². The average Bonchev–Trinajstić information content (AvgIpc) is 2.29. The lowest BCUT2D eigenvalue weighted by molar-refractivity contribution is 0.889. The van der Waals surface area contributed by atoms with Gasteiger partial charge in [-0.2, -0.15) is 0 Å². The van der Waals surface area contributed by atoms with Gasteiger partial charge in [-0.25, -0.2) is 4.98 Å². The molecule has 0 unspecified atom stereocenters. The Morgan fingerprint density at radius 3 is 2.53 bits per heavy atom. The minimum absolute atomic E-state index is 0.390. The molecule has 17 heavy (non-hydrogen) atoms. The molecule has 0 radical (unpaired) electrons. The highest BCUT2D eigenvalue weighted by atomic mass is 15.0. The highest BCUT2D eigenvalue weighted by Crippen LogP contribution is 2.21. The van der Waals surface area contributed by atoms with Gasteiger partial charge in [-0.3, -0.25) is 0 Å². The predicted octanol–water partition coefficient (Wildman–Crippen LogP) is 3.15. The van der Waals surface area contributed by atoms with Crippen molar-refractivity contribution < 1.29 is 0 Å². The Kier molecular flexibility index (Phi) is 3.28. The third-order valence-corrected chi connectivity index (χ3v) is 2.42. The third-order valence-electron chi connectivity index (χ3n) is 2.42. The lowest BCUT2D eigenvalue weighted by Crippen LogP contribution is -2.10. The van der Waals surface area contributed by atoms with Crippen molar-refractivity contribution in [3.63, 3.8) is 0 Å². The van der Waals surface area contributed by atoms with Crippen LogP contribution in [0.15, 0.2) is 42.6 Å². The van der Waals surface area contributed by atoms with Crippen LogP contribution < -0.4 is 11.1 Å². The van der Waals surface area contributed by atoms with Crippen molar-refractivity contribution in [2.75, 3.05) is 11.1 Å². The molecule has 0 saturated heterocycles. The Morgan fingerprint density at radius 2 is 1.94 bits per heavy atom. The van der Waals surface area contributed by atoms with E-state index in [-0.39, 0.29) is 0 Å². The molecule has 2 rings (SSSR count). The van der Waals surface area contributed by atoms with Gasteiger partial charge in [0.1, 0.15) is 5.82 Å². The zero-order chi connectivity index (χ0) is 12.3. The van der Waals surface area contributed by atoms with Crippen molar-refractivity contribution in [3.8, 4) is 11.1 Å². The molecule has 1 aromatic heterocycles. The number of nitrogens with one attached hydrogen (secondary N) is 1. The van der Waals surface area contributed by atoms with Crippen LogP contribution in [0.1, 0.15) is 13.8 Å². The topological polar surface area (TPSA) is 50.9 Å². The van der Waals surface area contributed by atoms with Crippen LogP contribution in [-0.2, 0) is 0 Å². The maximum absolute atomic E-state index is 5.76. The highest BCUT2D eigenvalue weighted by Gasteiger charge is 2.00. The smallest absolute Gasteiger partial charge is 0.126 e. The molecule has 0 aliphatic rings. The molecule has 0 spiro atoms. The molecule has 3 nitrogen and oxygen atoms in total. The Hall–Kier alpha value is -2.03. The van der Waals surface area contributed by atoms with Crippen molar-refractivity contribution in [1.29, 1.82) is 0 Å². The van der Waals surface area contributed by atoms with Crippen LogP contribution in [0.3, 0.4) is 0 Å². The van der Waals surface area contributed by atoms with Crippen LogP contribution in [0.4, 0.5) is 11.5 Å². The summed E-state index contributed by atoms with van der Waals surface area (Å²) in [5, 5.41) is 3.26. The number of rotatable bonds is 3. The zero-order valence-corrected chi connectivity index (χ0v) is 10.1. The molecular formula is C14H17N3. The standard InChI is InChI=1S/C14H17N3/c1-10(2)17-14-7-6-12(9-16-14)11-4-3-5-13(15)8-11/h3-10H,15H2,1-2H3,(H,16,17). The second kappa shape index (κ2) is 4.87. The van der Waals surface area contributed by atoms with Gasteiger partial charge in [0, 0.05) is 23.5 Å². The first-order chi connectivity index (χ1) is 8.15. The Labute approximate surface area is 102 Å². The van der Waals surface area contributed by atoms with E-state index in [1.165, 1.54) is 0 Å². The van der Waals surface area contributed by atoms with Gasteiger partial charge >= 0.3 is 0 Å². The van der Waals surface area contributed by atoms with Gasteiger partial charge in [0.05, 0.1) is 0 Å². The van der Waals surface area contributed by atoms with E-state index in [1.54, 1.807) is 0 Å². The third kappa shape index (κ3) is 2.97. The fourth-order valence-corrected chi connectivity index (χ4v) is 1.66. The van der Waals surface area contributed by atoms with E-state index >= 15 is 0 Å². The Balaban J connectivity index is 2.23. The number of nitrogen functional groups attached to an aromatic ring is 1. The summed E-state index contributed by atoms with van der Waals surface area (Å²) in [5.41, 5.74) is 8.70. The van der Waals surface area contributed by atoms with Crippen molar-refractivity contribution in [3.05, 3.63) is 42.6 Å².